The van der Waals surface area contributed by atoms with Gasteiger partial charge in [-0.3, -0.25) is 0 Å². The first-order chi connectivity index (χ1) is 10.4. The molecule has 0 fully saturated rings. The summed E-state index contributed by atoms with van der Waals surface area (Å²) in [5.41, 5.74) is 1.04. The molecule has 1 N–H and O–H groups in total. The number of hydrogen-bond donors (Lipinski definition) is 1. The van der Waals surface area contributed by atoms with E-state index in [0.29, 0.717) is 13.2 Å². The van der Waals surface area contributed by atoms with Crippen LogP contribution in [-0.2, 0) is 6.54 Å². The summed E-state index contributed by atoms with van der Waals surface area (Å²) < 4.78 is 16.6. The first kappa shape index (κ1) is 13.5. The number of hydrogen-bond acceptors (Lipinski definition) is 5. The van der Waals surface area contributed by atoms with Crippen molar-refractivity contribution >= 4 is 5.82 Å². The summed E-state index contributed by atoms with van der Waals surface area (Å²) in [7, 11) is 0. The maximum Gasteiger partial charge on any atom is 0.231 e. The molecule has 0 unspecified atom stereocenters. The molecule has 21 heavy (non-hydrogen) atoms. The van der Waals surface area contributed by atoms with E-state index in [0.717, 1.165) is 35.1 Å². The molecular formula is C16H18N2O3. The Morgan fingerprint density at radius 1 is 1.24 bits per heavy atom. The van der Waals surface area contributed by atoms with Gasteiger partial charge >= 0.3 is 0 Å². The number of aromatic nitrogens is 1. The van der Waals surface area contributed by atoms with Gasteiger partial charge in [-0.15, -0.1) is 0 Å². The molecule has 2 heterocycles. The van der Waals surface area contributed by atoms with Crippen molar-refractivity contribution in [1.82, 2.24) is 4.98 Å². The molecule has 0 saturated carbocycles. The van der Waals surface area contributed by atoms with Crippen molar-refractivity contribution < 1.29 is 14.2 Å². The molecule has 0 saturated heterocycles. The summed E-state index contributed by atoms with van der Waals surface area (Å²) >= 11 is 0. The minimum absolute atomic E-state index is 0.279. The molecule has 3 rings (SSSR count). The molecule has 0 amide bonds. The number of nitrogens with zero attached hydrogens (tertiary/aromatic N) is 1. The van der Waals surface area contributed by atoms with Crippen LogP contribution in [0.2, 0.25) is 0 Å². The molecule has 1 aliphatic heterocycles. The van der Waals surface area contributed by atoms with Crippen molar-refractivity contribution in [2.45, 2.75) is 19.9 Å². The van der Waals surface area contributed by atoms with E-state index < -0.39 is 0 Å². The molecule has 0 aliphatic carbocycles. The Hall–Kier alpha value is -2.43. The Balaban J connectivity index is 1.72. The molecular weight excluding hydrogens is 268 g/mol. The van der Waals surface area contributed by atoms with E-state index >= 15 is 0 Å². The summed E-state index contributed by atoms with van der Waals surface area (Å²) in [5, 5.41) is 3.30. The lowest BCUT2D eigenvalue weighted by Gasteiger charge is -2.12. The molecule has 0 bridgehead atoms. The Morgan fingerprint density at radius 3 is 3.10 bits per heavy atom. The fraction of sp³-hybridized carbons (Fsp3) is 0.312. The van der Waals surface area contributed by atoms with Gasteiger partial charge in [-0.2, -0.15) is 0 Å². The third-order valence-corrected chi connectivity index (χ3v) is 3.16. The highest BCUT2D eigenvalue weighted by Gasteiger charge is 2.17. The second kappa shape index (κ2) is 6.35. The smallest absolute Gasteiger partial charge is 0.231 e. The number of rotatable bonds is 6. The van der Waals surface area contributed by atoms with E-state index in [-0.39, 0.29) is 6.79 Å². The number of fused-ring (bicyclic) bond motifs is 1. The van der Waals surface area contributed by atoms with Crippen LogP contribution in [0, 0.1) is 0 Å². The fourth-order valence-corrected chi connectivity index (χ4v) is 2.16. The van der Waals surface area contributed by atoms with Gasteiger partial charge in [0.05, 0.1) is 6.61 Å². The third kappa shape index (κ3) is 3.02. The van der Waals surface area contributed by atoms with Gasteiger partial charge < -0.3 is 19.5 Å². The predicted molar refractivity (Wildman–Crippen MR) is 79.9 cm³/mol. The lowest BCUT2D eigenvalue weighted by molar-refractivity contribution is 0.173. The van der Waals surface area contributed by atoms with Gasteiger partial charge in [0.2, 0.25) is 6.79 Å². The number of pyridine rings is 1. The molecule has 5 heteroatoms. The highest BCUT2D eigenvalue weighted by atomic mass is 16.7. The van der Waals surface area contributed by atoms with Crippen LogP contribution in [0.15, 0.2) is 36.5 Å². The van der Waals surface area contributed by atoms with Crippen LogP contribution >= 0.6 is 0 Å². The summed E-state index contributed by atoms with van der Waals surface area (Å²) in [6.07, 6.45) is 2.71. The zero-order valence-corrected chi connectivity index (χ0v) is 12.0. The number of anilines is 1. The van der Waals surface area contributed by atoms with Crippen LogP contribution < -0.4 is 19.5 Å². The normalized spacial score (nSPS) is 12.2. The molecule has 0 radical (unpaired) electrons. The third-order valence-electron chi connectivity index (χ3n) is 3.16. The Bertz CT molecular complexity index is 616. The van der Waals surface area contributed by atoms with Crippen molar-refractivity contribution in [2.75, 3.05) is 18.7 Å². The van der Waals surface area contributed by atoms with Crippen molar-refractivity contribution in [1.29, 1.82) is 0 Å². The molecule has 2 aromatic rings. The summed E-state index contributed by atoms with van der Waals surface area (Å²) in [6, 6.07) is 9.66. The largest absolute Gasteiger partial charge is 0.490 e. The van der Waals surface area contributed by atoms with Crippen LogP contribution in [0.1, 0.15) is 18.9 Å². The first-order valence-corrected chi connectivity index (χ1v) is 7.07. The number of nitrogens with one attached hydrogen (secondary N) is 1. The van der Waals surface area contributed by atoms with Crippen molar-refractivity contribution in [2.24, 2.45) is 0 Å². The van der Waals surface area contributed by atoms with E-state index in [4.69, 9.17) is 14.2 Å². The topological polar surface area (TPSA) is 52.6 Å². The maximum absolute atomic E-state index is 5.69. The molecule has 1 aromatic carbocycles. The SMILES string of the molecule is CCCOc1cccnc1NCc1cccc2c1OCO2. The van der Waals surface area contributed by atoms with E-state index in [1.807, 2.05) is 30.3 Å². The predicted octanol–water partition coefficient (Wildman–Crippen LogP) is 3.21. The highest BCUT2D eigenvalue weighted by Crippen LogP contribution is 2.35. The summed E-state index contributed by atoms with van der Waals surface area (Å²) in [4.78, 5) is 4.33. The minimum atomic E-state index is 0.279. The highest BCUT2D eigenvalue weighted by molar-refractivity contribution is 5.53. The quantitative estimate of drug-likeness (QED) is 0.883. The van der Waals surface area contributed by atoms with E-state index in [1.165, 1.54) is 0 Å². The average molecular weight is 286 g/mol. The van der Waals surface area contributed by atoms with E-state index in [9.17, 15) is 0 Å². The number of para-hydroxylation sites is 1. The summed E-state index contributed by atoms with van der Waals surface area (Å²) in [6.45, 7) is 3.64. The van der Waals surface area contributed by atoms with Crippen molar-refractivity contribution in [3.8, 4) is 17.2 Å². The lowest BCUT2D eigenvalue weighted by Crippen LogP contribution is -2.05. The monoisotopic (exact) mass is 286 g/mol. The standard InChI is InChI=1S/C16H18N2O3/c1-2-9-19-14-7-4-8-17-16(14)18-10-12-5-3-6-13-15(12)21-11-20-13/h3-8H,2,9-11H2,1H3,(H,17,18). The van der Waals surface area contributed by atoms with Gasteiger partial charge in [-0.1, -0.05) is 19.1 Å². The Labute approximate surface area is 123 Å². The molecule has 110 valence electrons. The van der Waals surface area contributed by atoms with Gasteiger partial charge in [0.25, 0.3) is 0 Å². The van der Waals surface area contributed by atoms with Crippen LogP contribution in [-0.4, -0.2) is 18.4 Å². The van der Waals surface area contributed by atoms with Gasteiger partial charge in [-0.05, 0) is 24.6 Å². The lowest BCUT2D eigenvalue weighted by atomic mass is 10.2. The van der Waals surface area contributed by atoms with E-state index in [2.05, 4.69) is 17.2 Å². The number of ether oxygens (including phenoxy) is 3. The van der Waals surface area contributed by atoms with Gasteiger partial charge in [0, 0.05) is 18.3 Å². The molecule has 1 aromatic heterocycles. The van der Waals surface area contributed by atoms with E-state index in [1.54, 1.807) is 6.20 Å². The zero-order chi connectivity index (χ0) is 14.5. The average Bonchev–Trinajstić information content (AvgIpc) is 3.01. The molecule has 5 nitrogen and oxygen atoms in total. The molecule has 0 spiro atoms. The maximum atomic E-state index is 5.69. The zero-order valence-electron chi connectivity index (χ0n) is 12.0. The van der Waals surface area contributed by atoms with Crippen molar-refractivity contribution in [3.63, 3.8) is 0 Å². The molecule has 0 atom stereocenters. The van der Waals surface area contributed by atoms with Crippen LogP contribution in [0.4, 0.5) is 5.82 Å². The van der Waals surface area contributed by atoms with Crippen LogP contribution in [0.3, 0.4) is 0 Å². The molecule has 1 aliphatic rings. The Morgan fingerprint density at radius 2 is 2.19 bits per heavy atom. The first-order valence-electron chi connectivity index (χ1n) is 7.07. The number of benzene rings is 1. The minimum Gasteiger partial charge on any atom is -0.490 e. The second-order valence-electron chi connectivity index (χ2n) is 4.70. The Kier molecular flexibility index (Phi) is 4.09. The van der Waals surface area contributed by atoms with Gasteiger partial charge in [-0.25, -0.2) is 4.98 Å². The second-order valence-corrected chi connectivity index (χ2v) is 4.70. The van der Waals surface area contributed by atoms with Gasteiger partial charge in [0.1, 0.15) is 0 Å². The summed E-state index contributed by atoms with van der Waals surface area (Å²) in [5.74, 6) is 3.10. The van der Waals surface area contributed by atoms with Crippen molar-refractivity contribution in [3.05, 3.63) is 42.1 Å². The van der Waals surface area contributed by atoms with Crippen LogP contribution in [0.25, 0.3) is 0 Å². The van der Waals surface area contributed by atoms with Crippen LogP contribution in [0.5, 0.6) is 17.2 Å². The van der Waals surface area contributed by atoms with Gasteiger partial charge in [0.15, 0.2) is 23.1 Å². The fourth-order valence-electron chi connectivity index (χ4n) is 2.16.